The Labute approximate surface area is 169 Å². The first-order valence-electron chi connectivity index (χ1n) is 8.74. The van der Waals surface area contributed by atoms with Crippen LogP contribution in [0.3, 0.4) is 0 Å². The fourth-order valence-electron chi connectivity index (χ4n) is 3.12. The van der Waals surface area contributed by atoms with Crippen LogP contribution < -0.4 is 11.4 Å². The number of thioether (sulfide) groups is 1. The first-order chi connectivity index (χ1) is 13.9. The molecule has 4 rings (SSSR count). The highest BCUT2D eigenvalue weighted by Crippen LogP contribution is 2.44. The SMILES string of the molecule is CC1=C(C(N)=O)SC(n2cnn(Cc3ccc(F)cc3)c2=O)N1Cc1ccn[nH]1. The lowest BCUT2D eigenvalue weighted by molar-refractivity contribution is -0.114. The Morgan fingerprint density at radius 1 is 1.28 bits per heavy atom. The van der Waals surface area contributed by atoms with Crippen LogP contribution in [0, 0.1) is 5.82 Å². The summed E-state index contributed by atoms with van der Waals surface area (Å²) >= 11 is 1.20. The van der Waals surface area contributed by atoms with Crippen molar-refractivity contribution in [1.29, 1.82) is 0 Å². The summed E-state index contributed by atoms with van der Waals surface area (Å²) < 4.78 is 15.8. The van der Waals surface area contributed by atoms with E-state index in [2.05, 4.69) is 15.3 Å². The molecule has 1 amide bonds. The van der Waals surface area contributed by atoms with Gasteiger partial charge in [-0.15, -0.1) is 0 Å². The summed E-state index contributed by atoms with van der Waals surface area (Å²) in [4.78, 5) is 27.1. The largest absolute Gasteiger partial charge is 0.365 e. The number of aromatic amines is 1. The Bertz CT molecular complexity index is 1120. The van der Waals surface area contributed by atoms with E-state index in [1.54, 1.807) is 25.3 Å². The van der Waals surface area contributed by atoms with Gasteiger partial charge in [-0.2, -0.15) is 10.2 Å². The van der Waals surface area contributed by atoms with Gasteiger partial charge in [0, 0.05) is 11.9 Å². The molecule has 1 aromatic carbocycles. The third-order valence-electron chi connectivity index (χ3n) is 4.61. The number of H-pyrrole nitrogens is 1. The molecule has 0 spiro atoms. The van der Waals surface area contributed by atoms with Crippen LogP contribution in [0.1, 0.15) is 23.7 Å². The predicted molar refractivity (Wildman–Crippen MR) is 105 cm³/mol. The summed E-state index contributed by atoms with van der Waals surface area (Å²) in [5, 5.41) is 11.0. The van der Waals surface area contributed by atoms with E-state index in [4.69, 9.17) is 5.73 Å². The maximum Gasteiger partial charge on any atom is 0.348 e. The van der Waals surface area contributed by atoms with Gasteiger partial charge in [-0.25, -0.2) is 13.9 Å². The fourth-order valence-corrected chi connectivity index (χ4v) is 4.35. The molecule has 3 heterocycles. The van der Waals surface area contributed by atoms with Crippen LogP contribution in [0.25, 0.3) is 0 Å². The van der Waals surface area contributed by atoms with Crippen molar-refractivity contribution in [1.82, 2.24) is 29.4 Å². The van der Waals surface area contributed by atoms with Crippen LogP contribution >= 0.6 is 11.8 Å². The number of primary amides is 1. The van der Waals surface area contributed by atoms with Gasteiger partial charge < -0.3 is 10.6 Å². The topological polar surface area (TPSA) is 115 Å². The monoisotopic (exact) mass is 415 g/mol. The van der Waals surface area contributed by atoms with Gasteiger partial charge >= 0.3 is 5.69 Å². The predicted octanol–water partition coefficient (Wildman–Crippen LogP) is 1.38. The second-order valence-electron chi connectivity index (χ2n) is 6.54. The Balaban J connectivity index is 1.64. The van der Waals surface area contributed by atoms with Crippen molar-refractivity contribution in [3.8, 4) is 0 Å². The number of allylic oxidation sites excluding steroid dienone is 1. The van der Waals surface area contributed by atoms with Gasteiger partial charge in [-0.05, 0) is 30.7 Å². The van der Waals surface area contributed by atoms with Crippen molar-refractivity contribution >= 4 is 17.7 Å². The molecule has 2 aromatic heterocycles. The molecule has 0 bridgehead atoms. The van der Waals surface area contributed by atoms with Crippen molar-refractivity contribution < 1.29 is 9.18 Å². The molecule has 0 saturated carbocycles. The molecule has 3 aromatic rings. The minimum Gasteiger partial charge on any atom is -0.365 e. The van der Waals surface area contributed by atoms with E-state index in [1.807, 2.05) is 11.0 Å². The average Bonchev–Trinajstić information content (AvgIpc) is 3.40. The number of rotatable bonds is 6. The van der Waals surface area contributed by atoms with Crippen LogP contribution in [-0.4, -0.2) is 35.4 Å². The van der Waals surface area contributed by atoms with Crippen LogP contribution in [0.15, 0.2) is 58.3 Å². The first-order valence-corrected chi connectivity index (χ1v) is 9.62. The third-order valence-corrected chi connectivity index (χ3v) is 6.04. The molecule has 150 valence electrons. The number of aromatic nitrogens is 5. The molecule has 9 nitrogen and oxygen atoms in total. The normalized spacial score (nSPS) is 16.6. The highest BCUT2D eigenvalue weighted by atomic mass is 32.2. The van der Waals surface area contributed by atoms with Crippen LogP contribution in [-0.2, 0) is 17.9 Å². The molecular weight excluding hydrogens is 397 g/mol. The number of hydrogen-bond donors (Lipinski definition) is 2. The Morgan fingerprint density at radius 2 is 2.03 bits per heavy atom. The van der Waals surface area contributed by atoms with Crippen molar-refractivity contribution in [2.75, 3.05) is 0 Å². The van der Waals surface area contributed by atoms with Crippen LogP contribution in [0.2, 0.25) is 0 Å². The first kappa shape index (κ1) is 19.0. The summed E-state index contributed by atoms with van der Waals surface area (Å²) in [6.07, 6.45) is 3.06. The molecule has 0 fully saturated rings. The third kappa shape index (κ3) is 3.68. The molecular formula is C18H18FN7O2S. The summed E-state index contributed by atoms with van der Waals surface area (Å²) in [5.74, 6) is -0.889. The van der Waals surface area contributed by atoms with E-state index in [9.17, 15) is 14.0 Å². The minimum absolute atomic E-state index is 0.207. The number of nitrogens with one attached hydrogen (secondary N) is 1. The second kappa shape index (κ2) is 7.59. The second-order valence-corrected chi connectivity index (χ2v) is 7.60. The number of halogens is 1. The van der Waals surface area contributed by atoms with E-state index in [0.29, 0.717) is 17.1 Å². The lowest BCUT2D eigenvalue weighted by Crippen LogP contribution is -2.33. The van der Waals surface area contributed by atoms with Crippen molar-refractivity contribution in [3.63, 3.8) is 0 Å². The van der Waals surface area contributed by atoms with Crippen molar-refractivity contribution in [2.24, 2.45) is 5.73 Å². The van der Waals surface area contributed by atoms with Gasteiger partial charge in [0.25, 0.3) is 5.91 Å². The summed E-state index contributed by atoms with van der Waals surface area (Å²) in [7, 11) is 0. The molecule has 11 heteroatoms. The van der Waals surface area contributed by atoms with Gasteiger partial charge in [0.15, 0.2) is 5.50 Å². The zero-order valence-electron chi connectivity index (χ0n) is 15.4. The number of carbonyl (C=O) groups is 1. The lowest BCUT2D eigenvalue weighted by atomic mass is 10.2. The quantitative estimate of drug-likeness (QED) is 0.629. The van der Waals surface area contributed by atoms with Crippen molar-refractivity contribution in [2.45, 2.75) is 25.5 Å². The average molecular weight is 415 g/mol. The molecule has 0 aliphatic carbocycles. The van der Waals surface area contributed by atoms with Crippen LogP contribution in [0.5, 0.6) is 0 Å². The smallest absolute Gasteiger partial charge is 0.348 e. The van der Waals surface area contributed by atoms with Crippen molar-refractivity contribution in [3.05, 3.63) is 81.0 Å². The maximum absolute atomic E-state index is 13.1. The van der Waals surface area contributed by atoms with Crippen LogP contribution in [0.4, 0.5) is 4.39 Å². The van der Waals surface area contributed by atoms with Gasteiger partial charge in [0.1, 0.15) is 12.1 Å². The van der Waals surface area contributed by atoms with E-state index < -0.39 is 11.4 Å². The number of nitrogens with two attached hydrogens (primary N) is 1. The number of amides is 1. The van der Waals surface area contributed by atoms with Gasteiger partial charge in [0.05, 0.1) is 23.7 Å². The number of carbonyl (C=O) groups excluding carboxylic acids is 1. The Hall–Kier alpha value is -3.34. The molecule has 3 N–H and O–H groups in total. The zero-order valence-corrected chi connectivity index (χ0v) is 16.3. The minimum atomic E-state index is -0.545. The van der Waals surface area contributed by atoms with E-state index >= 15 is 0 Å². The lowest BCUT2D eigenvalue weighted by Gasteiger charge is -2.26. The van der Waals surface area contributed by atoms with Gasteiger partial charge in [0.2, 0.25) is 0 Å². The highest BCUT2D eigenvalue weighted by molar-refractivity contribution is 8.04. The summed E-state index contributed by atoms with van der Waals surface area (Å²) in [6, 6.07) is 7.70. The van der Waals surface area contributed by atoms with E-state index in [0.717, 1.165) is 11.3 Å². The molecule has 0 radical (unpaired) electrons. The number of benzene rings is 1. The maximum atomic E-state index is 13.1. The highest BCUT2D eigenvalue weighted by Gasteiger charge is 2.35. The number of hydrogen-bond acceptors (Lipinski definition) is 6. The number of nitrogens with zero attached hydrogens (tertiary/aromatic N) is 5. The molecule has 1 atom stereocenters. The summed E-state index contributed by atoms with van der Waals surface area (Å²) in [6.45, 7) is 2.41. The Morgan fingerprint density at radius 3 is 2.69 bits per heavy atom. The molecule has 1 aliphatic rings. The zero-order chi connectivity index (χ0) is 20.5. The molecule has 1 aliphatic heterocycles. The summed E-state index contributed by atoms with van der Waals surface area (Å²) in [5.41, 5.74) is 6.91. The van der Waals surface area contributed by atoms with E-state index in [1.165, 1.54) is 39.5 Å². The fraction of sp³-hybridized carbons (Fsp3) is 0.222. The van der Waals surface area contributed by atoms with E-state index in [-0.39, 0.29) is 18.1 Å². The molecule has 0 saturated heterocycles. The van der Waals surface area contributed by atoms with Gasteiger partial charge in [-0.3, -0.25) is 14.5 Å². The molecule has 1 unspecified atom stereocenters. The Kier molecular flexibility index (Phi) is 4.97. The standard InChI is InChI=1S/C18H18FN7O2S/c1-11-15(16(20)27)29-18(24(11)9-14-6-7-21-23-14)25-10-22-26(17(25)28)8-12-2-4-13(19)5-3-12/h2-7,10,18H,8-9H2,1H3,(H2,20,27)(H,21,23). The molecule has 29 heavy (non-hydrogen) atoms. The van der Waals surface area contributed by atoms with Gasteiger partial charge in [-0.1, -0.05) is 23.9 Å².